The van der Waals surface area contributed by atoms with E-state index in [1.165, 1.54) is 0 Å². The number of aliphatic carboxylic acids is 1. The Morgan fingerprint density at radius 3 is 2.30 bits per heavy atom. The van der Waals surface area contributed by atoms with Gasteiger partial charge in [0.25, 0.3) is 0 Å². The summed E-state index contributed by atoms with van der Waals surface area (Å²) < 4.78 is 9.70. The number of amides is 3. The Labute approximate surface area is 230 Å². The fourth-order valence-corrected chi connectivity index (χ4v) is 3.65. The Kier molecular flexibility index (Phi) is 13.2. The minimum Gasteiger partial charge on any atom is -0.480 e. The predicted octanol–water partition coefficient (Wildman–Crippen LogP) is -2.73. The smallest absolute Gasteiger partial charge is 0.408 e. The van der Waals surface area contributed by atoms with Gasteiger partial charge in [-0.3, -0.25) is 19.4 Å². The molecule has 17 nitrogen and oxygen atoms in total. The molecular formula is C23H39N7O10. The number of carboxylic acid groups (broad SMARTS) is 1. The Morgan fingerprint density at radius 2 is 1.75 bits per heavy atom. The third-order valence-corrected chi connectivity index (χ3v) is 5.47. The number of ether oxygens (including phenoxy) is 2. The molecule has 1 rings (SSSR count). The molecule has 4 atom stereocenters. The summed E-state index contributed by atoms with van der Waals surface area (Å²) in [6, 6.07) is -5.49. The summed E-state index contributed by atoms with van der Waals surface area (Å²) in [5.74, 6) is -5.53. The zero-order chi connectivity index (χ0) is 30.6. The number of guanidine groups is 1. The van der Waals surface area contributed by atoms with Gasteiger partial charge in [0, 0.05) is 13.1 Å². The van der Waals surface area contributed by atoms with Gasteiger partial charge in [0.2, 0.25) is 11.8 Å². The van der Waals surface area contributed by atoms with Crippen molar-refractivity contribution in [1.82, 2.24) is 15.5 Å². The number of rotatable bonds is 13. The maximum atomic E-state index is 13.4. The van der Waals surface area contributed by atoms with E-state index in [1.807, 2.05) is 0 Å². The van der Waals surface area contributed by atoms with Gasteiger partial charge in [-0.05, 0) is 46.5 Å². The minimum atomic E-state index is -1.61. The number of hydrogen-bond acceptors (Lipinski definition) is 11. The van der Waals surface area contributed by atoms with Crippen molar-refractivity contribution in [3.63, 3.8) is 0 Å². The molecule has 0 unspecified atom stereocenters. The molecule has 1 heterocycles. The standard InChI is InChI=1S/C23H39N7O10/c1-23(2,3)40-22(38)29-14(10-16(32)39-20(37)12(24)11-31)18(34)30-9-5-7-15(30)17(33)28-13(19(35)36)6-4-8-27-21(25)26/h12-15,31H,4-11,24H2,1-3H3,(H,28,33)(H,29,38)(H,35,36)(H4,25,26,27)/t12-,13-,14-,15-/m0/s1. The molecule has 0 aromatic carbocycles. The molecule has 40 heavy (non-hydrogen) atoms. The highest BCUT2D eigenvalue weighted by Gasteiger charge is 2.40. The lowest BCUT2D eigenvalue weighted by Crippen LogP contribution is -2.56. The van der Waals surface area contributed by atoms with E-state index in [2.05, 4.69) is 20.4 Å². The molecule has 1 fully saturated rings. The molecule has 0 radical (unpaired) electrons. The number of nitrogens with two attached hydrogens (primary N) is 3. The van der Waals surface area contributed by atoms with Crippen LogP contribution in [0.5, 0.6) is 0 Å². The van der Waals surface area contributed by atoms with Crippen molar-refractivity contribution in [2.75, 3.05) is 19.7 Å². The Hall–Kier alpha value is -3.99. The van der Waals surface area contributed by atoms with Crippen LogP contribution >= 0.6 is 0 Å². The number of aliphatic imine (C=N–C) groups is 1. The highest BCUT2D eigenvalue weighted by atomic mass is 16.6. The number of nitrogens with one attached hydrogen (secondary N) is 2. The molecule has 0 aromatic rings. The third-order valence-electron chi connectivity index (χ3n) is 5.47. The molecule has 17 heteroatoms. The highest BCUT2D eigenvalue weighted by molar-refractivity contribution is 5.96. The molecule has 1 aliphatic heterocycles. The quantitative estimate of drug-likeness (QED) is 0.0388. The van der Waals surface area contributed by atoms with Crippen molar-refractivity contribution in [2.24, 2.45) is 22.2 Å². The van der Waals surface area contributed by atoms with Gasteiger partial charge in [-0.2, -0.15) is 0 Å². The van der Waals surface area contributed by atoms with E-state index in [0.29, 0.717) is 6.42 Å². The summed E-state index contributed by atoms with van der Waals surface area (Å²) >= 11 is 0. The van der Waals surface area contributed by atoms with Gasteiger partial charge in [-0.1, -0.05) is 0 Å². The number of esters is 2. The van der Waals surface area contributed by atoms with Gasteiger partial charge >= 0.3 is 24.0 Å². The number of hydrogen-bond donors (Lipinski definition) is 7. The monoisotopic (exact) mass is 573 g/mol. The Morgan fingerprint density at radius 1 is 1.10 bits per heavy atom. The van der Waals surface area contributed by atoms with Crippen LogP contribution in [-0.4, -0.2) is 106 Å². The maximum Gasteiger partial charge on any atom is 0.408 e. The molecule has 0 saturated carbocycles. The number of carboxylic acids is 1. The maximum absolute atomic E-state index is 13.4. The zero-order valence-corrected chi connectivity index (χ0v) is 22.8. The van der Waals surface area contributed by atoms with Crippen molar-refractivity contribution >= 4 is 41.8 Å². The van der Waals surface area contributed by atoms with Gasteiger partial charge in [-0.25, -0.2) is 14.4 Å². The van der Waals surface area contributed by atoms with Crippen LogP contribution in [0.3, 0.4) is 0 Å². The van der Waals surface area contributed by atoms with Gasteiger partial charge in [0.1, 0.15) is 29.8 Å². The lowest BCUT2D eigenvalue weighted by Gasteiger charge is -2.29. The number of carbonyl (C=O) groups is 6. The van der Waals surface area contributed by atoms with E-state index in [0.717, 1.165) is 4.90 Å². The fraction of sp³-hybridized carbons (Fsp3) is 0.696. The average Bonchev–Trinajstić information content (AvgIpc) is 3.32. The summed E-state index contributed by atoms with van der Waals surface area (Å²) in [4.78, 5) is 79.5. The summed E-state index contributed by atoms with van der Waals surface area (Å²) in [5.41, 5.74) is 14.9. The van der Waals surface area contributed by atoms with Crippen LogP contribution in [0.1, 0.15) is 52.9 Å². The van der Waals surface area contributed by atoms with Crippen molar-refractivity contribution in [3.8, 4) is 0 Å². The third kappa shape index (κ3) is 11.8. The largest absolute Gasteiger partial charge is 0.480 e. The number of nitrogens with zero attached hydrogens (tertiary/aromatic N) is 2. The van der Waals surface area contributed by atoms with Crippen molar-refractivity contribution < 1.29 is 48.5 Å². The molecule has 0 bridgehead atoms. The molecule has 226 valence electrons. The number of carbonyl (C=O) groups excluding carboxylic acids is 5. The topological polar surface area (TPSA) is 279 Å². The SMILES string of the molecule is CC(C)(C)OC(=O)N[C@@H](CC(=O)OC(=O)[C@@H](N)CO)C(=O)N1CCC[C@H]1C(=O)N[C@@H](CCCN=C(N)N)C(=O)O. The molecule has 10 N–H and O–H groups in total. The fourth-order valence-electron chi connectivity index (χ4n) is 3.65. The summed E-state index contributed by atoms with van der Waals surface area (Å²) in [6.07, 6.45) is -1.05. The van der Waals surface area contributed by atoms with E-state index in [1.54, 1.807) is 20.8 Å². The number of aliphatic hydroxyl groups excluding tert-OH is 1. The summed E-state index contributed by atoms with van der Waals surface area (Å²) in [5, 5.41) is 23.1. The first kappa shape index (κ1) is 34.0. The number of aliphatic hydroxyl groups is 1. The molecule has 0 aromatic heterocycles. The Bertz CT molecular complexity index is 978. The molecule has 1 saturated heterocycles. The van der Waals surface area contributed by atoms with Gasteiger partial charge in [0.15, 0.2) is 5.96 Å². The second kappa shape index (κ2) is 15.6. The van der Waals surface area contributed by atoms with Crippen LogP contribution in [-0.2, 0) is 33.4 Å². The average molecular weight is 574 g/mol. The first-order valence-corrected chi connectivity index (χ1v) is 12.5. The second-order valence-electron chi connectivity index (χ2n) is 10.0. The first-order valence-electron chi connectivity index (χ1n) is 12.5. The lowest BCUT2D eigenvalue weighted by molar-refractivity contribution is -0.162. The molecule has 1 aliphatic rings. The predicted molar refractivity (Wildman–Crippen MR) is 138 cm³/mol. The normalized spacial score (nSPS) is 17.1. The van der Waals surface area contributed by atoms with Crippen LogP contribution in [0.15, 0.2) is 4.99 Å². The molecular weight excluding hydrogens is 534 g/mol. The second-order valence-corrected chi connectivity index (χ2v) is 10.0. The van der Waals surface area contributed by atoms with Crippen LogP contribution in [0.2, 0.25) is 0 Å². The number of likely N-dealkylation sites (tertiary alicyclic amines) is 1. The summed E-state index contributed by atoms with van der Waals surface area (Å²) in [7, 11) is 0. The number of alkyl carbamates (subject to hydrolysis) is 1. The Balaban J connectivity index is 3.04. The van der Waals surface area contributed by atoms with Crippen LogP contribution in [0.25, 0.3) is 0 Å². The van der Waals surface area contributed by atoms with E-state index in [-0.39, 0.29) is 38.3 Å². The van der Waals surface area contributed by atoms with Gasteiger partial charge < -0.3 is 52.4 Å². The van der Waals surface area contributed by atoms with E-state index in [9.17, 15) is 33.9 Å². The van der Waals surface area contributed by atoms with Gasteiger partial charge in [0.05, 0.1) is 13.0 Å². The van der Waals surface area contributed by atoms with Crippen molar-refractivity contribution in [1.29, 1.82) is 0 Å². The van der Waals surface area contributed by atoms with E-state index >= 15 is 0 Å². The van der Waals surface area contributed by atoms with Crippen LogP contribution in [0, 0.1) is 0 Å². The van der Waals surface area contributed by atoms with Crippen molar-refractivity contribution in [2.45, 2.75) is 82.6 Å². The van der Waals surface area contributed by atoms with Crippen LogP contribution < -0.4 is 27.8 Å². The van der Waals surface area contributed by atoms with E-state index in [4.69, 9.17) is 27.0 Å². The first-order chi connectivity index (χ1) is 18.5. The molecule has 3 amide bonds. The van der Waals surface area contributed by atoms with Gasteiger partial charge in [-0.15, -0.1) is 0 Å². The van der Waals surface area contributed by atoms with E-state index < -0.39 is 78.6 Å². The lowest BCUT2D eigenvalue weighted by atomic mass is 10.1. The van der Waals surface area contributed by atoms with Crippen molar-refractivity contribution in [3.05, 3.63) is 0 Å². The molecule has 0 spiro atoms. The highest BCUT2D eigenvalue weighted by Crippen LogP contribution is 2.20. The minimum absolute atomic E-state index is 0.0111. The van der Waals surface area contributed by atoms with Crippen LogP contribution in [0.4, 0.5) is 4.79 Å². The summed E-state index contributed by atoms with van der Waals surface area (Å²) in [6.45, 7) is 4.14. The zero-order valence-electron chi connectivity index (χ0n) is 22.8. The molecule has 0 aliphatic carbocycles.